The summed E-state index contributed by atoms with van der Waals surface area (Å²) in [6.07, 6.45) is 2.82. The van der Waals surface area contributed by atoms with Crippen LogP contribution in [0.2, 0.25) is 0 Å². The van der Waals surface area contributed by atoms with Gasteiger partial charge >= 0.3 is 0 Å². The van der Waals surface area contributed by atoms with Crippen molar-refractivity contribution < 1.29 is 17.9 Å². The second-order valence-corrected chi connectivity index (χ2v) is 9.98. The fourth-order valence-electron chi connectivity index (χ4n) is 3.68. The Balaban J connectivity index is 1.80. The number of nitrogens with zero attached hydrogens (tertiary/aromatic N) is 1. The van der Waals surface area contributed by atoms with Crippen LogP contribution in [0.25, 0.3) is 0 Å². The summed E-state index contributed by atoms with van der Waals surface area (Å²) in [5.74, 6) is 0.392. The van der Waals surface area contributed by atoms with Crippen molar-refractivity contribution in [1.82, 2.24) is 4.31 Å². The van der Waals surface area contributed by atoms with Crippen LogP contribution in [0.5, 0.6) is 5.75 Å². The highest BCUT2D eigenvalue weighted by Gasteiger charge is 2.31. The Morgan fingerprint density at radius 3 is 2.60 bits per heavy atom. The molecule has 1 heterocycles. The molecule has 0 spiro atoms. The van der Waals surface area contributed by atoms with Crippen LogP contribution in [0.4, 0.5) is 5.69 Å². The molecule has 1 aliphatic rings. The molecule has 2 aromatic carbocycles. The molecule has 3 rings (SSSR count). The summed E-state index contributed by atoms with van der Waals surface area (Å²) < 4.78 is 33.4. The number of sulfonamides is 1. The number of piperidine rings is 1. The Morgan fingerprint density at radius 2 is 1.93 bits per heavy atom. The van der Waals surface area contributed by atoms with E-state index in [9.17, 15) is 13.2 Å². The van der Waals surface area contributed by atoms with E-state index in [1.165, 1.54) is 6.07 Å². The van der Waals surface area contributed by atoms with E-state index in [-0.39, 0.29) is 22.9 Å². The van der Waals surface area contributed by atoms with Crippen LogP contribution in [-0.4, -0.2) is 37.3 Å². The Kier molecular flexibility index (Phi) is 6.83. The first kappa shape index (κ1) is 22.3. The molecule has 0 aromatic heterocycles. The summed E-state index contributed by atoms with van der Waals surface area (Å²) in [4.78, 5) is 13.0. The van der Waals surface area contributed by atoms with Gasteiger partial charge in [0.15, 0.2) is 0 Å². The van der Waals surface area contributed by atoms with Gasteiger partial charge in [-0.05, 0) is 82.5 Å². The van der Waals surface area contributed by atoms with Crippen LogP contribution in [0.15, 0.2) is 47.4 Å². The summed E-state index contributed by atoms with van der Waals surface area (Å²) in [6, 6.07) is 11.7. The molecule has 1 amide bonds. The van der Waals surface area contributed by atoms with Crippen LogP contribution in [0.1, 0.15) is 56.0 Å². The number of nitrogens with one attached hydrogen (secondary N) is 1. The third-order valence-corrected chi connectivity index (χ3v) is 7.27. The summed E-state index contributed by atoms with van der Waals surface area (Å²) in [7, 11) is -3.63. The van der Waals surface area contributed by atoms with Gasteiger partial charge in [-0.3, -0.25) is 4.79 Å². The van der Waals surface area contributed by atoms with Gasteiger partial charge < -0.3 is 10.1 Å². The number of amides is 1. The molecule has 1 saturated heterocycles. The number of anilines is 1. The Morgan fingerprint density at radius 1 is 1.17 bits per heavy atom. The van der Waals surface area contributed by atoms with E-state index < -0.39 is 10.0 Å². The van der Waals surface area contributed by atoms with Crippen molar-refractivity contribution in [3.63, 3.8) is 0 Å². The monoisotopic (exact) mass is 430 g/mol. The molecule has 0 saturated carbocycles. The predicted molar refractivity (Wildman–Crippen MR) is 119 cm³/mol. The molecule has 1 atom stereocenters. The minimum Gasteiger partial charge on any atom is -0.491 e. The lowest BCUT2D eigenvalue weighted by molar-refractivity contribution is 0.102. The number of hydrogen-bond donors (Lipinski definition) is 1. The average Bonchev–Trinajstić information content (AvgIpc) is 2.70. The maximum atomic E-state index is 13.1. The number of benzene rings is 2. The largest absolute Gasteiger partial charge is 0.491 e. The van der Waals surface area contributed by atoms with Crippen LogP contribution in [0, 0.1) is 6.92 Å². The number of aryl methyl sites for hydroxylation is 1. The minimum atomic E-state index is -3.63. The average molecular weight is 431 g/mol. The third-order valence-electron chi connectivity index (χ3n) is 5.26. The second-order valence-electron chi connectivity index (χ2n) is 8.09. The van der Waals surface area contributed by atoms with Crippen LogP contribution >= 0.6 is 0 Å². The summed E-state index contributed by atoms with van der Waals surface area (Å²) in [6.45, 7) is 8.25. The standard InChI is InChI=1S/C23H30N2O4S/c1-16(2)29-20-11-12-22(17(3)14-20)24-23(26)19-9-7-10-21(15-19)30(27,28)25-13-6-5-8-18(25)4/h7,9-12,14-16,18H,5-6,8,13H2,1-4H3,(H,24,26). The van der Waals surface area contributed by atoms with E-state index in [0.717, 1.165) is 30.6 Å². The van der Waals surface area contributed by atoms with Crippen molar-refractivity contribution in [3.8, 4) is 5.75 Å². The molecule has 7 heteroatoms. The SMILES string of the molecule is Cc1cc(OC(C)C)ccc1NC(=O)c1cccc(S(=O)(=O)N2CCCCC2C)c1. The molecule has 30 heavy (non-hydrogen) atoms. The zero-order chi connectivity index (χ0) is 21.9. The van der Waals surface area contributed by atoms with Crippen molar-refractivity contribution in [1.29, 1.82) is 0 Å². The van der Waals surface area contributed by atoms with Crippen molar-refractivity contribution >= 4 is 21.6 Å². The molecule has 0 aliphatic carbocycles. The highest BCUT2D eigenvalue weighted by molar-refractivity contribution is 7.89. The number of hydrogen-bond acceptors (Lipinski definition) is 4. The van der Waals surface area contributed by atoms with E-state index in [1.54, 1.807) is 34.6 Å². The number of carbonyl (C=O) groups excluding carboxylic acids is 1. The van der Waals surface area contributed by atoms with Gasteiger partial charge in [0.05, 0.1) is 11.0 Å². The third kappa shape index (κ3) is 5.02. The van der Waals surface area contributed by atoms with Gasteiger partial charge in [0.25, 0.3) is 5.91 Å². The molecule has 1 unspecified atom stereocenters. The van der Waals surface area contributed by atoms with E-state index in [2.05, 4.69) is 5.32 Å². The molecule has 1 fully saturated rings. The minimum absolute atomic E-state index is 0.0320. The quantitative estimate of drug-likeness (QED) is 0.727. The molecule has 0 radical (unpaired) electrons. The van der Waals surface area contributed by atoms with Crippen molar-refractivity contribution in [2.45, 2.75) is 64.0 Å². The first-order valence-electron chi connectivity index (χ1n) is 10.4. The predicted octanol–water partition coefficient (Wildman–Crippen LogP) is 4.60. The molecule has 162 valence electrons. The van der Waals surface area contributed by atoms with Crippen LogP contribution in [-0.2, 0) is 10.0 Å². The lowest BCUT2D eigenvalue weighted by Crippen LogP contribution is -2.41. The van der Waals surface area contributed by atoms with Gasteiger partial charge in [-0.1, -0.05) is 12.5 Å². The van der Waals surface area contributed by atoms with Gasteiger partial charge in [0.2, 0.25) is 10.0 Å². The maximum absolute atomic E-state index is 13.1. The molecule has 1 aliphatic heterocycles. The van der Waals surface area contributed by atoms with Gasteiger partial charge in [0.1, 0.15) is 5.75 Å². The molecular formula is C23H30N2O4S. The summed E-state index contributed by atoms with van der Waals surface area (Å²) in [5, 5.41) is 2.87. The lowest BCUT2D eigenvalue weighted by Gasteiger charge is -2.32. The lowest BCUT2D eigenvalue weighted by atomic mass is 10.1. The normalized spacial score (nSPS) is 17.7. The van der Waals surface area contributed by atoms with Crippen molar-refractivity contribution in [2.75, 3.05) is 11.9 Å². The highest BCUT2D eigenvalue weighted by Crippen LogP contribution is 2.26. The van der Waals surface area contributed by atoms with Crippen molar-refractivity contribution in [2.24, 2.45) is 0 Å². The molecule has 6 nitrogen and oxygen atoms in total. The Labute approximate surface area is 179 Å². The van der Waals surface area contributed by atoms with Crippen molar-refractivity contribution in [3.05, 3.63) is 53.6 Å². The molecule has 1 N–H and O–H groups in total. The molecule has 2 aromatic rings. The zero-order valence-electron chi connectivity index (χ0n) is 18.0. The Bertz CT molecular complexity index is 1020. The van der Waals surface area contributed by atoms with E-state index in [1.807, 2.05) is 33.8 Å². The first-order valence-corrected chi connectivity index (χ1v) is 11.8. The van der Waals surface area contributed by atoms with Gasteiger partial charge in [-0.2, -0.15) is 4.31 Å². The molecule has 0 bridgehead atoms. The zero-order valence-corrected chi connectivity index (χ0v) is 18.8. The Hall–Kier alpha value is -2.38. The fraction of sp³-hybridized carbons (Fsp3) is 0.435. The summed E-state index contributed by atoms with van der Waals surface area (Å²) >= 11 is 0. The van der Waals surface area contributed by atoms with E-state index in [4.69, 9.17) is 4.74 Å². The van der Waals surface area contributed by atoms with E-state index >= 15 is 0 Å². The fourth-order valence-corrected chi connectivity index (χ4v) is 5.42. The maximum Gasteiger partial charge on any atom is 0.255 e. The first-order chi connectivity index (χ1) is 14.2. The van der Waals surface area contributed by atoms with Crippen LogP contribution < -0.4 is 10.1 Å². The van der Waals surface area contributed by atoms with Crippen LogP contribution in [0.3, 0.4) is 0 Å². The number of rotatable bonds is 6. The smallest absolute Gasteiger partial charge is 0.255 e. The number of carbonyl (C=O) groups is 1. The molecular weight excluding hydrogens is 400 g/mol. The highest BCUT2D eigenvalue weighted by atomic mass is 32.2. The number of ether oxygens (including phenoxy) is 1. The topological polar surface area (TPSA) is 75.7 Å². The van der Waals surface area contributed by atoms with Gasteiger partial charge in [-0.25, -0.2) is 8.42 Å². The van der Waals surface area contributed by atoms with Gasteiger partial charge in [0, 0.05) is 23.8 Å². The second kappa shape index (κ2) is 9.18. The summed E-state index contributed by atoms with van der Waals surface area (Å²) in [5.41, 5.74) is 1.84. The van der Waals surface area contributed by atoms with Gasteiger partial charge in [-0.15, -0.1) is 0 Å². The van der Waals surface area contributed by atoms with E-state index in [0.29, 0.717) is 17.8 Å².